The second kappa shape index (κ2) is 7.85. The van der Waals surface area contributed by atoms with Crippen LogP contribution in [0.2, 0.25) is 0 Å². The van der Waals surface area contributed by atoms with Crippen molar-refractivity contribution in [3.05, 3.63) is 29.3 Å². The molecule has 0 aromatic heterocycles. The summed E-state index contributed by atoms with van der Waals surface area (Å²) < 4.78 is 10.7. The highest BCUT2D eigenvalue weighted by molar-refractivity contribution is 5.64. The third-order valence-corrected chi connectivity index (χ3v) is 2.79. The Morgan fingerprint density at radius 3 is 2.58 bits per heavy atom. The Bertz CT molecular complexity index is 425. The number of rotatable bonds is 7. The number of benzene rings is 1. The van der Waals surface area contributed by atoms with Gasteiger partial charge in [0.1, 0.15) is 0 Å². The van der Waals surface area contributed by atoms with Crippen LogP contribution in [-0.2, 0) is 0 Å². The zero-order chi connectivity index (χ0) is 14.3. The number of hydrogen-bond acceptors (Lipinski definition) is 3. The van der Waals surface area contributed by atoms with Gasteiger partial charge in [0.25, 0.3) is 0 Å². The molecule has 0 heterocycles. The second-order valence-corrected chi connectivity index (χ2v) is 5.10. The molecule has 3 heteroatoms. The van der Waals surface area contributed by atoms with Crippen LogP contribution in [-0.4, -0.2) is 27.3 Å². The maximum Gasteiger partial charge on any atom is 0.167 e. The Balaban J connectivity index is 2.79. The molecule has 0 fully saturated rings. The highest BCUT2D eigenvalue weighted by Gasteiger charge is 2.07. The molecule has 3 nitrogen and oxygen atoms in total. The zero-order valence-corrected chi connectivity index (χ0v) is 12.6. The first-order valence-corrected chi connectivity index (χ1v) is 6.67. The van der Waals surface area contributed by atoms with Crippen LogP contribution in [0.15, 0.2) is 23.8 Å². The molecule has 1 rings (SSSR count). The van der Waals surface area contributed by atoms with Crippen LogP contribution < -0.4 is 14.8 Å². The van der Waals surface area contributed by atoms with Crippen molar-refractivity contribution < 1.29 is 9.47 Å². The first-order valence-electron chi connectivity index (χ1n) is 6.67. The molecule has 19 heavy (non-hydrogen) atoms. The zero-order valence-electron chi connectivity index (χ0n) is 12.6. The Morgan fingerprint density at radius 2 is 2.00 bits per heavy atom. The summed E-state index contributed by atoms with van der Waals surface area (Å²) in [5, 5.41) is 3.43. The quantitative estimate of drug-likeness (QED) is 0.818. The van der Waals surface area contributed by atoms with Gasteiger partial charge in [-0.1, -0.05) is 37.6 Å². The number of methoxy groups -OCH3 is 2. The van der Waals surface area contributed by atoms with E-state index in [4.69, 9.17) is 9.47 Å². The topological polar surface area (TPSA) is 30.5 Å². The SMILES string of the molecule is COc1cccc(C=C(C)CNCC(C)C)c1OC. The fourth-order valence-electron chi connectivity index (χ4n) is 1.90. The fraction of sp³-hybridized carbons (Fsp3) is 0.500. The summed E-state index contributed by atoms with van der Waals surface area (Å²) in [5.41, 5.74) is 2.32. The van der Waals surface area contributed by atoms with E-state index in [9.17, 15) is 0 Å². The van der Waals surface area contributed by atoms with Crippen molar-refractivity contribution in [1.29, 1.82) is 0 Å². The third-order valence-electron chi connectivity index (χ3n) is 2.79. The molecule has 106 valence electrons. The van der Waals surface area contributed by atoms with E-state index in [0.717, 1.165) is 30.2 Å². The predicted molar refractivity (Wildman–Crippen MR) is 80.9 cm³/mol. The smallest absolute Gasteiger partial charge is 0.167 e. The molecular weight excluding hydrogens is 238 g/mol. The summed E-state index contributed by atoms with van der Waals surface area (Å²) in [4.78, 5) is 0. The van der Waals surface area contributed by atoms with Crippen LogP contribution in [0.1, 0.15) is 26.3 Å². The van der Waals surface area contributed by atoms with E-state index in [-0.39, 0.29) is 0 Å². The monoisotopic (exact) mass is 263 g/mol. The molecule has 0 amide bonds. The van der Waals surface area contributed by atoms with E-state index >= 15 is 0 Å². The molecule has 0 radical (unpaired) electrons. The first kappa shape index (κ1) is 15.6. The molecule has 0 saturated heterocycles. The van der Waals surface area contributed by atoms with Crippen molar-refractivity contribution in [3.63, 3.8) is 0 Å². The van der Waals surface area contributed by atoms with Gasteiger partial charge in [0.2, 0.25) is 0 Å². The molecule has 1 aromatic rings. The predicted octanol–water partition coefficient (Wildman–Crippen LogP) is 3.35. The van der Waals surface area contributed by atoms with Gasteiger partial charge in [-0.25, -0.2) is 0 Å². The van der Waals surface area contributed by atoms with E-state index in [1.165, 1.54) is 5.57 Å². The molecule has 0 atom stereocenters. The van der Waals surface area contributed by atoms with Crippen LogP contribution in [0, 0.1) is 5.92 Å². The molecular formula is C16H25NO2. The van der Waals surface area contributed by atoms with Gasteiger partial charge in [-0.05, 0) is 25.5 Å². The molecule has 0 aliphatic heterocycles. The minimum absolute atomic E-state index is 0.666. The molecule has 0 saturated carbocycles. The summed E-state index contributed by atoms with van der Waals surface area (Å²) in [7, 11) is 3.32. The third kappa shape index (κ3) is 4.95. The molecule has 1 aromatic carbocycles. The Morgan fingerprint density at radius 1 is 1.26 bits per heavy atom. The van der Waals surface area contributed by atoms with Crippen molar-refractivity contribution in [3.8, 4) is 11.5 Å². The van der Waals surface area contributed by atoms with Crippen LogP contribution in [0.3, 0.4) is 0 Å². The highest BCUT2D eigenvalue weighted by Crippen LogP contribution is 2.31. The van der Waals surface area contributed by atoms with E-state index in [1.807, 2.05) is 18.2 Å². The lowest BCUT2D eigenvalue weighted by Crippen LogP contribution is -2.21. The lowest BCUT2D eigenvalue weighted by atomic mass is 10.1. The minimum Gasteiger partial charge on any atom is -0.493 e. The number of hydrogen-bond donors (Lipinski definition) is 1. The van der Waals surface area contributed by atoms with Gasteiger partial charge < -0.3 is 14.8 Å². The number of para-hydroxylation sites is 1. The molecule has 0 aliphatic carbocycles. The minimum atomic E-state index is 0.666. The Kier molecular flexibility index (Phi) is 6.43. The molecule has 0 aliphatic rings. The van der Waals surface area contributed by atoms with Crippen molar-refractivity contribution in [2.24, 2.45) is 5.92 Å². The second-order valence-electron chi connectivity index (χ2n) is 5.10. The van der Waals surface area contributed by atoms with Crippen molar-refractivity contribution in [2.75, 3.05) is 27.3 Å². The lowest BCUT2D eigenvalue weighted by molar-refractivity contribution is 0.354. The van der Waals surface area contributed by atoms with Crippen LogP contribution in [0.25, 0.3) is 6.08 Å². The summed E-state index contributed by atoms with van der Waals surface area (Å²) in [6.07, 6.45) is 2.13. The van der Waals surface area contributed by atoms with Crippen LogP contribution in [0.5, 0.6) is 11.5 Å². The van der Waals surface area contributed by atoms with Gasteiger partial charge in [-0.2, -0.15) is 0 Å². The standard InChI is InChI=1S/C16H25NO2/c1-12(2)10-17-11-13(3)9-14-7-6-8-15(18-4)16(14)19-5/h6-9,12,17H,10-11H2,1-5H3. The lowest BCUT2D eigenvalue weighted by Gasteiger charge is -2.11. The summed E-state index contributed by atoms with van der Waals surface area (Å²) in [6.45, 7) is 8.44. The number of ether oxygens (including phenoxy) is 2. The molecule has 0 unspecified atom stereocenters. The van der Waals surface area contributed by atoms with Gasteiger partial charge in [-0.15, -0.1) is 0 Å². The van der Waals surface area contributed by atoms with Crippen molar-refractivity contribution in [1.82, 2.24) is 5.32 Å². The normalized spacial score (nSPS) is 11.8. The van der Waals surface area contributed by atoms with Gasteiger partial charge in [-0.3, -0.25) is 0 Å². The van der Waals surface area contributed by atoms with Crippen molar-refractivity contribution >= 4 is 6.08 Å². The summed E-state index contributed by atoms with van der Waals surface area (Å²) >= 11 is 0. The summed E-state index contributed by atoms with van der Waals surface area (Å²) in [6, 6.07) is 5.91. The van der Waals surface area contributed by atoms with Gasteiger partial charge >= 0.3 is 0 Å². The van der Waals surface area contributed by atoms with Gasteiger partial charge in [0.15, 0.2) is 11.5 Å². The molecule has 0 spiro atoms. The summed E-state index contributed by atoms with van der Waals surface area (Å²) in [5.74, 6) is 2.21. The highest BCUT2D eigenvalue weighted by atomic mass is 16.5. The average molecular weight is 263 g/mol. The Hall–Kier alpha value is -1.48. The maximum absolute atomic E-state index is 5.42. The molecule has 1 N–H and O–H groups in total. The van der Waals surface area contributed by atoms with E-state index < -0.39 is 0 Å². The molecule has 0 bridgehead atoms. The van der Waals surface area contributed by atoms with Crippen LogP contribution in [0.4, 0.5) is 0 Å². The van der Waals surface area contributed by atoms with Crippen LogP contribution >= 0.6 is 0 Å². The van der Waals surface area contributed by atoms with Gasteiger partial charge in [0.05, 0.1) is 14.2 Å². The average Bonchev–Trinajstić information content (AvgIpc) is 2.37. The van der Waals surface area contributed by atoms with Gasteiger partial charge in [0, 0.05) is 12.1 Å². The van der Waals surface area contributed by atoms with E-state index in [2.05, 4.69) is 32.2 Å². The number of nitrogens with one attached hydrogen (secondary N) is 1. The largest absolute Gasteiger partial charge is 0.493 e. The first-order chi connectivity index (χ1) is 9.08. The Labute approximate surface area is 116 Å². The van der Waals surface area contributed by atoms with Crippen molar-refractivity contribution in [2.45, 2.75) is 20.8 Å². The van der Waals surface area contributed by atoms with E-state index in [0.29, 0.717) is 5.92 Å². The van der Waals surface area contributed by atoms with E-state index in [1.54, 1.807) is 14.2 Å². The fourth-order valence-corrected chi connectivity index (χ4v) is 1.90. The maximum atomic E-state index is 5.42.